The van der Waals surface area contributed by atoms with Crippen molar-refractivity contribution in [2.45, 2.75) is 71.7 Å². The number of carbonyl (C=O) groups is 1. The van der Waals surface area contributed by atoms with E-state index in [1.807, 2.05) is 35.8 Å². The third-order valence-corrected chi connectivity index (χ3v) is 9.65. The van der Waals surface area contributed by atoms with Gasteiger partial charge in [0.2, 0.25) is 5.91 Å². The van der Waals surface area contributed by atoms with E-state index in [1.165, 1.54) is 16.6 Å². The van der Waals surface area contributed by atoms with Crippen LogP contribution in [0.5, 0.6) is 11.5 Å². The monoisotopic (exact) mass is 553 g/mol. The number of fused-ring (bicyclic) bond motifs is 1. The second-order valence-corrected chi connectivity index (χ2v) is 12.1. The smallest absolute Gasteiger partial charge is 0.235 e. The summed E-state index contributed by atoms with van der Waals surface area (Å²) in [6, 6.07) is 9.71. The lowest BCUT2D eigenvalue weighted by Gasteiger charge is -2.36. The lowest BCUT2D eigenvalue weighted by Crippen LogP contribution is -2.28. The van der Waals surface area contributed by atoms with Gasteiger partial charge in [0.15, 0.2) is 11.0 Å². The molecule has 1 N–H and O–H groups in total. The van der Waals surface area contributed by atoms with Crippen LogP contribution in [-0.4, -0.2) is 33.5 Å². The Labute approximate surface area is 232 Å². The number of carbonyl (C=O) groups excluding carboxylic acids is 1. The maximum atomic E-state index is 12.9. The first-order valence-corrected chi connectivity index (χ1v) is 14.8. The zero-order valence-electron chi connectivity index (χ0n) is 22.7. The topological polar surface area (TPSA) is 102 Å². The molecule has 2 heterocycles. The molecule has 4 rings (SSSR count). The second-order valence-electron chi connectivity index (χ2n) is 10.0. The number of nitrogens with one attached hydrogen (secondary N) is 1. The highest BCUT2D eigenvalue weighted by atomic mass is 32.2. The number of nitrogens with zero attached hydrogens (tertiary/aromatic N) is 4. The zero-order valence-corrected chi connectivity index (χ0v) is 24.3. The summed E-state index contributed by atoms with van der Waals surface area (Å²) < 4.78 is 13.0. The van der Waals surface area contributed by atoms with E-state index in [0.717, 1.165) is 37.0 Å². The Balaban J connectivity index is 1.37. The van der Waals surface area contributed by atoms with Crippen LogP contribution in [0, 0.1) is 22.7 Å². The Bertz CT molecular complexity index is 1310. The summed E-state index contributed by atoms with van der Waals surface area (Å²) in [5, 5.41) is 22.7. The Morgan fingerprint density at radius 2 is 2.00 bits per heavy atom. The summed E-state index contributed by atoms with van der Waals surface area (Å²) in [6.45, 7) is 9.82. The molecule has 3 aromatic rings. The van der Waals surface area contributed by atoms with Gasteiger partial charge in [-0.2, -0.15) is 5.26 Å². The predicted octanol–water partition coefficient (Wildman–Crippen LogP) is 6.09. The number of thioether (sulfide) groups is 1. The van der Waals surface area contributed by atoms with Crippen LogP contribution in [0.3, 0.4) is 0 Å². The molecule has 1 aromatic carbocycles. The fourth-order valence-electron chi connectivity index (χ4n) is 4.71. The lowest BCUT2D eigenvalue weighted by molar-refractivity contribution is -0.113. The van der Waals surface area contributed by atoms with Crippen molar-refractivity contribution < 1.29 is 14.3 Å². The van der Waals surface area contributed by atoms with Crippen molar-refractivity contribution >= 4 is 34.0 Å². The van der Waals surface area contributed by atoms with Gasteiger partial charge in [0.25, 0.3) is 0 Å². The number of amides is 1. The molecule has 0 saturated carbocycles. The van der Waals surface area contributed by atoms with E-state index in [0.29, 0.717) is 39.8 Å². The zero-order chi connectivity index (χ0) is 27.3. The Morgan fingerprint density at radius 3 is 2.66 bits per heavy atom. The highest BCUT2D eigenvalue weighted by Crippen LogP contribution is 2.45. The summed E-state index contributed by atoms with van der Waals surface area (Å²) in [4.78, 5) is 14.1. The van der Waals surface area contributed by atoms with Crippen LogP contribution in [0.25, 0.3) is 0 Å². The van der Waals surface area contributed by atoms with E-state index < -0.39 is 0 Å². The van der Waals surface area contributed by atoms with Crippen LogP contribution < -0.4 is 14.8 Å². The van der Waals surface area contributed by atoms with Gasteiger partial charge in [-0.3, -0.25) is 4.79 Å². The van der Waals surface area contributed by atoms with Crippen LogP contribution in [0.15, 0.2) is 29.4 Å². The predicted molar refractivity (Wildman–Crippen MR) is 151 cm³/mol. The second kappa shape index (κ2) is 12.2. The molecule has 1 atom stereocenters. The summed E-state index contributed by atoms with van der Waals surface area (Å²) in [7, 11) is 1.62. The van der Waals surface area contributed by atoms with Crippen molar-refractivity contribution in [3.05, 3.63) is 46.1 Å². The number of hydrogen-bond acceptors (Lipinski definition) is 8. The maximum Gasteiger partial charge on any atom is 0.235 e. The number of aromatic nitrogens is 3. The fourth-order valence-corrected chi connectivity index (χ4v) is 6.83. The average molecular weight is 554 g/mol. The number of benzene rings is 1. The minimum absolute atomic E-state index is 0.155. The molecule has 1 aliphatic carbocycles. The Kier molecular flexibility index (Phi) is 9.00. The third kappa shape index (κ3) is 6.16. The molecule has 1 unspecified atom stereocenters. The van der Waals surface area contributed by atoms with E-state index in [-0.39, 0.29) is 23.7 Å². The minimum Gasteiger partial charge on any atom is -0.497 e. The van der Waals surface area contributed by atoms with Crippen molar-refractivity contribution in [3.8, 4) is 17.6 Å². The van der Waals surface area contributed by atoms with Gasteiger partial charge < -0.3 is 19.4 Å². The third-order valence-electron chi connectivity index (χ3n) is 7.52. The molecule has 0 aliphatic heterocycles. The molecule has 1 amide bonds. The Hall–Kier alpha value is -3.03. The average Bonchev–Trinajstić information content (AvgIpc) is 3.49. The van der Waals surface area contributed by atoms with Gasteiger partial charge in [0.05, 0.1) is 18.4 Å². The number of hydrogen-bond donors (Lipinski definition) is 1. The number of thiophene rings is 1. The van der Waals surface area contributed by atoms with Gasteiger partial charge in [0, 0.05) is 11.4 Å². The van der Waals surface area contributed by atoms with Gasteiger partial charge in [-0.05, 0) is 67.3 Å². The van der Waals surface area contributed by atoms with E-state index in [9.17, 15) is 10.1 Å². The van der Waals surface area contributed by atoms with Crippen LogP contribution in [-0.2, 0) is 30.8 Å². The molecule has 8 nitrogen and oxygen atoms in total. The quantitative estimate of drug-likeness (QED) is 0.287. The highest BCUT2D eigenvalue weighted by Gasteiger charge is 2.34. The first kappa shape index (κ1) is 28.0. The van der Waals surface area contributed by atoms with Gasteiger partial charge in [-0.25, -0.2) is 0 Å². The summed E-state index contributed by atoms with van der Waals surface area (Å²) >= 11 is 2.89. The molecule has 1 aliphatic rings. The molecule has 0 radical (unpaired) electrons. The summed E-state index contributed by atoms with van der Waals surface area (Å²) in [5.74, 6) is 2.77. The number of ether oxygens (including phenoxy) is 2. The largest absolute Gasteiger partial charge is 0.497 e. The van der Waals surface area contributed by atoms with Crippen molar-refractivity contribution in [1.29, 1.82) is 5.26 Å². The molecular weight excluding hydrogens is 518 g/mol. The SMILES string of the molecule is CCn1c(COc2ccc(OC)cc2)nnc1SCC(=O)Nc1sc2c(c1C#N)CCC(C(C)(C)CC)C2. The number of methoxy groups -OCH3 is 1. The molecule has 2 aromatic heterocycles. The van der Waals surface area contributed by atoms with Gasteiger partial charge >= 0.3 is 0 Å². The van der Waals surface area contributed by atoms with Crippen LogP contribution in [0.4, 0.5) is 5.00 Å². The minimum atomic E-state index is -0.155. The van der Waals surface area contributed by atoms with Gasteiger partial charge in [-0.1, -0.05) is 39.0 Å². The maximum absolute atomic E-state index is 12.9. The van der Waals surface area contributed by atoms with E-state index in [4.69, 9.17) is 9.47 Å². The van der Waals surface area contributed by atoms with Crippen molar-refractivity contribution in [2.24, 2.45) is 11.3 Å². The molecule has 202 valence electrons. The van der Waals surface area contributed by atoms with E-state index in [1.54, 1.807) is 18.4 Å². The van der Waals surface area contributed by atoms with Gasteiger partial charge in [-0.15, -0.1) is 21.5 Å². The summed E-state index contributed by atoms with van der Waals surface area (Å²) in [6.07, 6.45) is 4.08. The molecule has 38 heavy (non-hydrogen) atoms. The van der Waals surface area contributed by atoms with Gasteiger partial charge in [0.1, 0.15) is 29.2 Å². The molecule has 0 saturated heterocycles. The van der Waals surface area contributed by atoms with E-state index >= 15 is 0 Å². The van der Waals surface area contributed by atoms with Crippen LogP contribution >= 0.6 is 23.1 Å². The molecular formula is C28H35N5O3S2. The van der Waals surface area contributed by atoms with Crippen LogP contribution in [0.2, 0.25) is 0 Å². The standard InChI is InChI=1S/C28H35N5O3S2/c1-6-28(3,4)18-8-13-21-22(15-29)26(38-23(21)14-18)30-25(34)17-37-27-32-31-24(33(27)7-2)16-36-20-11-9-19(35-5)10-12-20/h9-12,18H,6-8,13-14,16-17H2,1-5H3,(H,30,34). The summed E-state index contributed by atoms with van der Waals surface area (Å²) in [5.41, 5.74) is 2.02. The molecule has 0 spiro atoms. The fraction of sp³-hybridized carbons (Fsp3) is 0.500. The van der Waals surface area contributed by atoms with Crippen molar-refractivity contribution in [2.75, 3.05) is 18.2 Å². The normalized spacial score (nSPS) is 15.0. The van der Waals surface area contributed by atoms with E-state index in [2.05, 4.69) is 42.4 Å². The first-order valence-electron chi connectivity index (χ1n) is 13.0. The lowest BCUT2D eigenvalue weighted by atomic mass is 9.69. The first-order chi connectivity index (χ1) is 18.3. The van der Waals surface area contributed by atoms with Crippen molar-refractivity contribution in [1.82, 2.24) is 14.8 Å². The highest BCUT2D eigenvalue weighted by molar-refractivity contribution is 7.99. The van der Waals surface area contributed by atoms with Crippen molar-refractivity contribution in [3.63, 3.8) is 0 Å². The Morgan fingerprint density at radius 1 is 1.26 bits per heavy atom. The van der Waals surface area contributed by atoms with Crippen LogP contribution in [0.1, 0.15) is 62.4 Å². The number of anilines is 1. The molecule has 0 fully saturated rings. The number of nitriles is 1. The molecule has 10 heteroatoms. The molecule has 0 bridgehead atoms. The number of rotatable bonds is 11.